The van der Waals surface area contributed by atoms with Crippen molar-refractivity contribution in [1.29, 1.82) is 0 Å². The number of carbonyl (C=O) groups is 3. The van der Waals surface area contributed by atoms with E-state index in [0.29, 0.717) is 19.3 Å². The first kappa shape index (κ1) is 69.3. The molecule has 0 saturated carbocycles. The van der Waals surface area contributed by atoms with Crippen LogP contribution in [0.4, 0.5) is 0 Å². The van der Waals surface area contributed by atoms with Crippen LogP contribution in [0.2, 0.25) is 0 Å². The quantitative estimate of drug-likeness (QED) is 0.0261. The van der Waals surface area contributed by atoms with Gasteiger partial charge in [-0.3, -0.25) is 14.4 Å². The molecule has 0 aromatic heterocycles. The lowest BCUT2D eigenvalue weighted by molar-refractivity contribution is -0.167. The zero-order valence-electron chi connectivity index (χ0n) is 47.5. The molecule has 0 bridgehead atoms. The predicted octanol–water partition coefficient (Wildman–Crippen LogP) is 20.4. The number of hydrogen-bond acceptors (Lipinski definition) is 6. The Hall–Kier alpha value is -4.71. The lowest BCUT2D eigenvalue weighted by Gasteiger charge is -2.18. The van der Waals surface area contributed by atoms with Crippen molar-refractivity contribution in [2.24, 2.45) is 0 Å². The lowest BCUT2D eigenvalue weighted by Crippen LogP contribution is -2.30. The van der Waals surface area contributed by atoms with Gasteiger partial charge in [-0.15, -0.1) is 0 Å². The molecule has 0 aliphatic rings. The van der Waals surface area contributed by atoms with Gasteiger partial charge in [-0.1, -0.05) is 231 Å². The maximum absolute atomic E-state index is 12.8. The number of rotatable bonds is 52. The van der Waals surface area contributed by atoms with Crippen molar-refractivity contribution in [1.82, 2.24) is 0 Å². The predicted molar refractivity (Wildman–Crippen MR) is 320 cm³/mol. The van der Waals surface area contributed by atoms with E-state index in [4.69, 9.17) is 14.2 Å². The second-order valence-corrected chi connectivity index (χ2v) is 19.2. The van der Waals surface area contributed by atoms with Crippen LogP contribution in [0.25, 0.3) is 0 Å². The molecule has 0 spiro atoms. The Labute approximate surface area is 455 Å². The van der Waals surface area contributed by atoms with E-state index in [1.165, 1.54) is 57.8 Å². The summed E-state index contributed by atoms with van der Waals surface area (Å²) < 4.78 is 16.8. The van der Waals surface area contributed by atoms with E-state index >= 15 is 0 Å². The summed E-state index contributed by atoms with van der Waals surface area (Å²) in [5.41, 5.74) is 0. The third-order valence-electron chi connectivity index (χ3n) is 12.0. The monoisotopic (exact) mass is 1020 g/mol. The van der Waals surface area contributed by atoms with Gasteiger partial charge in [0.1, 0.15) is 13.2 Å². The van der Waals surface area contributed by atoms with Gasteiger partial charge >= 0.3 is 17.9 Å². The van der Waals surface area contributed by atoms with Gasteiger partial charge in [0.25, 0.3) is 0 Å². The van der Waals surface area contributed by atoms with Crippen LogP contribution in [0.5, 0.6) is 0 Å². The zero-order chi connectivity index (χ0) is 53.6. The summed E-state index contributed by atoms with van der Waals surface area (Å²) in [6.07, 6.45) is 87.0. The Bertz CT molecular complexity index is 1640. The second kappa shape index (κ2) is 60.8. The van der Waals surface area contributed by atoms with Crippen molar-refractivity contribution in [3.8, 4) is 0 Å². The average molecular weight is 1020 g/mol. The lowest BCUT2D eigenvalue weighted by atomic mass is 10.1. The summed E-state index contributed by atoms with van der Waals surface area (Å²) in [7, 11) is 0. The molecule has 0 amide bonds. The van der Waals surface area contributed by atoms with Crippen LogP contribution in [0.1, 0.15) is 245 Å². The minimum atomic E-state index is -0.818. The number of hydrogen-bond donors (Lipinski definition) is 0. The molecule has 0 rings (SSSR count). The van der Waals surface area contributed by atoms with E-state index < -0.39 is 6.10 Å². The maximum Gasteiger partial charge on any atom is 0.306 e. The van der Waals surface area contributed by atoms with Crippen molar-refractivity contribution >= 4 is 17.9 Å². The Morgan fingerprint density at radius 1 is 0.284 bits per heavy atom. The third-order valence-corrected chi connectivity index (χ3v) is 12.0. The molecule has 0 saturated heterocycles. The Kier molecular flexibility index (Phi) is 57.0. The molecule has 6 heteroatoms. The topological polar surface area (TPSA) is 78.9 Å². The number of esters is 3. The number of ether oxygens (including phenoxy) is 3. The average Bonchev–Trinajstić information content (AvgIpc) is 3.40. The first-order valence-corrected chi connectivity index (χ1v) is 29.8. The van der Waals surface area contributed by atoms with Gasteiger partial charge in [0.05, 0.1) is 0 Å². The summed E-state index contributed by atoms with van der Waals surface area (Å²) in [5, 5.41) is 0. The molecule has 1 unspecified atom stereocenters. The molecule has 0 aliphatic heterocycles. The molecule has 0 aromatic rings. The van der Waals surface area contributed by atoms with Crippen LogP contribution < -0.4 is 0 Å². The highest BCUT2D eigenvalue weighted by molar-refractivity contribution is 5.71. The van der Waals surface area contributed by atoms with Crippen LogP contribution in [-0.4, -0.2) is 37.2 Å². The van der Waals surface area contributed by atoms with E-state index in [1.807, 2.05) is 0 Å². The van der Waals surface area contributed by atoms with Gasteiger partial charge in [-0.25, -0.2) is 0 Å². The van der Waals surface area contributed by atoms with Crippen LogP contribution in [-0.2, 0) is 28.6 Å². The molecule has 0 radical (unpaired) electrons. The van der Waals surface area contributed by atoms with Crippen molar-refractivity contribution in [2.75, 3.05) is 13.2 Å². The van der Waals surface area contributed by atoms with E-state index in [2.05, 4.69) is 167 Å². The molecular weight excluding hydrogens is 913 g/mol. The van der Waals surface area contributed by atoms with Crippen molar-refractivity contribution in [3.63, 3.8) is 0 Å². The van der Waals surface area contributed by atoms with Crippen LogP contribution in [0.15, 0.2) is 146 Å². The summed E-state index contributed by atoms with van der Waals surface area (Å²) in [5.74, 6) is -1.00. The summed E-state index contributed by atoms with van der Waals surface area (Å²) >= 11 is 0. The molecule has 0 aromatic carbocycles. The first-order valence-electron chi connectivity index (χ1n) is 29.8. The Morgan fingerprint density at radius 3 is 0.892 bits per heavy atom. The standard InChI is InChI=1S/C68H108O6/c1-4-7-10-13-16-19-22-25-27-28-29-30-31-32-33-34-35-36-37-38-39-40-42-43-46-49-52-55-58-61-67(70)73-64-65(63-72-66(69)60-57-54-51-48-45-24-21-18-15-12-9-6-3)74-68(71)62-59-56-53-50-47-44-41-26-23-20-17-14-11-8-5-2/h7,10,16-21,25-27,29-30,32-33,35-36,38-39,41-43,49,52,65H,4-6,8-9,11-15,22-24,28,31,34,37,40,44-48,50-51,53-64H2,1-3H3/b10-7-,19-16-,20-17-,21-18-,27-25-,30-29-,33-32-,36-35-,39-38-,41-26-,43-42-,52-49-. The highest BCUT2D eigenvalue weighted by Crippen LogP contribution is 2.13. The minimum Gasteiger partial charge on any atom is -0.462 e. The van der Waals surface area contributed by atoms with Crippen LogP contribution >= 0.6 is 0 Å². The molecule has 74 heavy (non-hydrogen) atoms. The molecule has 1 atom stereocenters. The molecule has 6 nitrogen and oxygen atoms in total. The smallest absolute Gasteiger partial charge is 0.306 e. The van der Waals surface area contributed by atoms with E-state index in [0.717, 1.165) is 141 Å². The molecule has 0 aliphatic carbocycles. The molecule has 0 heterocycles. The fraction of sp³-hybridized carbons (Fsp3) is 0.603. The SMILES string of the molecule is CC/C=C\C/C=C\C/C=C\C/C=C\C/C=C\C/C=C\C/C=C\C/C=C\C/C=C\CCCC(=O)OCC(COC(=O)CCCCCCC/C=C\CCCCC)OC(=O)CCCCCCC/C=C\C/C=C\CCCCC. The maximum atomic E-state index is 12.8. The van der Waals surface area contributed by atoms with Gasteiger partial charge in [0, 0.05) is 19.3 Å². The Morgan fingerprint density at radius 2 is 0.541 bits per heavy atom. The highest BCUT2D eigenvalue weighted by atomic mass is 16.6. The van der Waals surface area contributed by atoms with E-state index in [9.17, 15) is 14.4 Å². The largest absolute Gasteiger partial charge is 0.462 e. The second-order valence-electron chi connectivity index (χ2n) is 19.2. The summed E-state index contributed by atoms with van der Waals surface area (Å²) in [6.45, 7) is 6.39. The fourth-order valence-electron chi connectivity index (χ4n) is 7.58. The molecule has 0 N–H and O–H groups in total. The zero-order valence-corrected chi connectivity index (χ0v) is 47.5. The normalized spacial score (nSPS) is 13.2. The third kappa shape index (κ3) is 58.2. The summed E-state index contributed by atoms with van der Waals surface area (Å²) in [4.78, 5) is 38.1. The van der Waals surface area contributed by atoms with Crippen molar-refractivity contribution < 1.29 is 28.6 Å². The van der Waals surface area contributed by atoms with E-state index in [1.54, 1.807) is 0 Å². The van der Waals surface area contributed by atoms with Gasteiger partial charge in [0.15, 0.2) is 6.10 Å². The molecule has 416 valence electrons. The number of unbranched alkanes of at least 4 members (excludes halogenated alkanes) is 17. The number of carbonyl (C=O) groups excluding carboxylic acids is 3. The minimum absolute atomic E-state index is 0.111. The highest BCUT2D eigenvalue weighted by Gasteiger charge is 2.19. The van der Waals surface area contributed by atoms with Crippen molar-refractivity contribution in [3.05, 3.63) is 146 Å². The van der Waals surface area contributed by atoms with Gasteiger partial charge in [-0.2, -0.15) is 0 Å². The molecule has 0 fully saturated rings. The van der Waals surface area contributed by atoms with Gasteiger partial charge in [0.2, 0.25) is 0 Å². The van der Waals surface area contributed by atoms with E-state index in [-0.39, 0.29) is 37.5 Å². The summed E-state index contributed by atoms with van der Waals surface area (Å²) in [6, 6.07) is 0. The van der Waals surface area contributed by atoms with Crippen LogP contribution in [0, 0.1) is 0 Å². The number of allylic oxidation sites excluding steroid dienone is 24. The first-order chi connectivity index (χ1) is 36.5. The van der Waals surface area contributed by atoms with Gasteiger partial charge in [-0.05, 0) is 141 Å². The Balaban J connectivity index is 4.45. The molecular formula is C68H108O6. The van der Waals surface area contributed by atoms with Crippen LogP contribution in [0.3, 0.4) is 0 Å². The fourth-order valence-corrected chi connectivity index (χ4v) is 7.58. The van der Waals surface area contributed by atoms with Gasteiger partial charge < -0.3 is 14.2 Å². The van der Waals surface area contributed by atoms with Crippen molar-refractivity contribution in [2.45, 2.75) is 252 Å².